The number of nitrogens with one attached hydrogen (secondary N) is 1. The number of benzene rings is 1. The molecule has 9 heteroatoms. The number of methoxy groups -OCH3 is 1. The van der Waals surface area contributed by atoms with E-state index in [2.05, 4.69) is 43.4 Å². The van der Waals surface area contributed by atoms with Crippen molar-refractivity contribution < 1.29 is 19.0 Å². The molecule has 7 nitrogen and oxygen atoms in total. The molecule has 0 unspecified atom stereocenters. The van der Waals surface area contributed by atoms with E-state index in [9.17, 15) is 4.79 Å². The minimum atomic E-state index is -0.486. The van der Waals surface area contributed by atoms with Gasteiger partial charge in [-0.05, 0) is 52.8 Å². The summed E-state index contributed by atoms with van der Waals surface area (Å²) < 4.78 is 16.1. The predicted octanol–water partition coefficient (Wildman–Crippen LogP) is 1.57. The third-order valence-electron chi connectivity index (χ3n) is 2.28. The van der Waals surface area contributed by atoms with Crippen molar-refractivity contribution in [3.8, 4) is 11.5 Å². The van der Waals surface area contributed by atoms with Crippen LogP contribution in [0.2, 0.25) is 0 Å². The van der Waals surface area contributed by atoms with Crippen molar-refractivity contribution in [1.82, 2.24) is 5.43 Å². The van der Waals surface area contributed by atoms with E-state index in [1.807, 2.05) is 6.92 Å². The Morgan fingerprint density at radius 2 is 2.23 bits per heavy atom. The summed E-state index contributed by atoms with van der Waals surface area (Å²) >= 11 is 8.02. The molecule has 120 valence electrons. The number of hydrazone groups is 1. The van der Waals surface area contributed by atoms with E-state index in [0.29, 0.717) is 22.6 Å². The van der Waals surface area contributed by atoms with E-state index in [1.54, 1.807) is 12.1 Å². The Kier molecular flexibility index (Phi) is 7.61. The minimum Gasteiger partial charge on any atom is -0.490 e. The van der Waals surface area contributed by atoms with Gasteiger partial charge in [0, 0.05) is 0 Å². The lowest BCUT2D eigenvalue weighted by Gasteiger charge is -2.13. The normalized spacial score (nSPS) is 10.3. The number of hydrogen-bond donors (Lipinski definition) is 2. The minimum absolute atomic E-state index is 0.0679. The Hall–Kier alpha value is -1.87. The highest BCUT2D eigenvalue weighted by molar-refractivity contribution is 9.10. The van der Waals surface area contributed by atoms with Gasteiger partial charge >= 0.3 is 5.97 Å². The summed E-state index contributed by atoms with van der Waals surface area (Å²) in [4.78, 5) is 11.2. The summed E-state index contributed by atoms with van der Waals surface area (Å²) in [5.41, 5.74) is 8.46. The Bertz CT molecular complexity index is 581. The number of halogens is 1. The van der Waals surface area contributed by atoms with E-state index < -0.39 is 5.97 Å². The van der Waals surface area contributed by atoms with Gasteiger partial charge in [0.2, 0.25) is 0 Å². The van der Waals surface area contributed by atoms with Crippen LogP contribution in [-0.2, 0) is 9.53 Å². The number of thiocarbonyl (C=S) groups is 1. The van der Waals surface area contributed by atoms with Crippen LogP contribution in [0.5, 0.6) is 11.5 Å². The van der Waals surface area contributed by atoms with Gasteiger partial charge in [-0.2, -0.15) is 5.10 Å². The average molecular weight is 390 g/mol. The molecule has 0 saturated carbocycles. The number of nitrogens with zero attached hydrogens (tertiary/aromatic N) is 1. The molecule has 0 amide bonds. The first kappa shape index (κ1) is 18.2. The molecule has 0 fully saturated rings. The zero-order valence-corrected chi connectivity index (χ0v) is 14.5. The first-order valence-corrected chi connectivity index (χ1v) is 7.42. The molecule has 0 spiro atoms. The van der Waals surface area contributed by atoms with Crippen LogP contribution in [0.25, 0.3) is 0 Å². The lowest BCUT2D eigenvalue weighted by Crippen LogP contribution is -2.24. The fourth-order valence-electron chi connectivity index (χ4n) is 1.43. The van der Waals surface area contributed by atoms with Crippen LogP contribution in [0.15, 0.2) is 21.7 Å². The molecule has 0 atom stereocenters. The second kappa shape index (κ2) is 9.21. The molecule has 0 aliphatic rings. The maximum absolute atomic E-state index is 11.2. The van der Waals surface area contributed by atoms with Crippen LogP contribution >= 0.6 is 28.1 Å². The predicted molar refractivity (Wildman–Crippen MR) is 90.3 cm³/mol. The number of nitrogens with two attached hydrogens (primary N) is 1. The van der Waals surface area contributed by atoms with Gasteiger partial charge in [0.15, 0.2) is 23.2 Å². The van der Waals surface area contributed by atoms with Crippen LogP contribution in [-0.4, -0.2) is 37.6 Å². The fraction of sp³-hybridized carbons (Fsp3) is 0.308. The number of ether oxygens (including phenoxy) is 3. The van der Waals surface area contributed by atoms with Gasteiger partial charge in [0.05, 0.1) is 24.4 Å². The van der Waals surface area contributed by atoms with Gasteiger partial charge in [-0.3, -0.25) is 5.43 Å². The molecule has 1 aromatic carbocycles. The standard InChI is InChI=1S/C13H16BrN3O4S/c1-3-20-10-5-8(6-16-17-13(15)22)4-9(14)12(10)21-7-11(18)19-2/h4-6H,3,7H2,1-2H3,(H3,15,17,22). The molecule has 0 aliphatic carbocycles. The number of rotatable bonds is 7. The van der Waals surface area contributed by atoms with E-state index in [-0.39, 0.29) is 11.7 Å². The molecule has 3 N–H and O–H groups in total. The number of hydrogen-bond acceptors (Lipinski definition) is 6. The van der Waals surface area contributed by atoms with Crippen LogP contribution in [0.3, 0.4) is 0 Å². The summed E-state index contributed by atoms with van der Waals surface area (Å²) in [6.45, 7) is 2.06. The van der Waals surface area contributed by atoms with E-state index >= 15 is 0 Å². The maximum Gasteiger partial charge on any atom is 0.343 e. The van der Waals surface area contributed by atoms with Gasteiger partial charge in [-0.1, -0.05) is 0 Å². The Morgan fingerprint density at radius 1 is 1.50 bits per heavy atom. The van der Waals surface area contributed by atoms with E-state index in [4.69, 9.17) is 15.2 Å². The third kappa shape index (κ3) is 5.86. The van der Waals surface area contributed by atoms with Crippen molar-refractivity contribution in [2.45, 2.75) is 6.92 Å². The van der Waals surface area contributed by atoms with Gasteiger partial charge < -0.3 is 19.9 Å². The zero-order chi connectivity index (χ0) is 16.5. The van der Waals surface area contributed by atoms with Gasteiger partial charge in [0.1, 0.15) is 0 Å². The summed E-state index contributed by atoms with van der Waals surface area (Å²) in [5.74, 6) is 0.393. The molecule has 1 aromatic rings. The second-order valence-corrected chi connectivity index (χ2v) is 5.16. The Balaban J connectivity index is 2.99. The summed E-state index contributed by atoms with van der Waals surface area (Å²) in [6.07, 6.45) is 1.52. The smallest absolute Gasteiger partial charge is 0.343 e. The maximum atomic E-state index is 11.2. The molecule has 0 bridgehead atoms. The van der Waals surface area contributed by atoms with E-state index in [1.165, 1.54) is 13.3 Å². The number of esters is 1. The molecule has 0 heterocycles. The van der Waals surface area contributed by atoms with Crippen LogP contribution in [0.1, 0.15) is 12.5 Å². The number of carbonyl (C=O) groups is 1. The molecule has 0 aliphatic heterocycles. The molecular weight excluding hydrogens is 374 g/mol. The number of carbonyl (C=O) groups excluding carboxylic acids is 1. The van der Waals surface area contributed by atoms with Crippen molar-refractivity contribution in [3.63, 3.8) is 0 Å². The van der Waals surface area contributed by atoms with Crippen LogP contribution in [0.4, 0.5) is 0 Å². The van der Waals surface area contributed by atoms with Crippen LogP contribution in [0, 0.1) is 0 Å². The lowest BCUT2D eigenvalue weighted by atomic mass is 10.2. The quantitative estimate of drug-likeness (QED) is 0.316. The van der Waals surface area contributed by atoms with Crippen LogP contribution < -0.4 is 20.6 Å². The molecule has 0 aromatic heterocycles. The van der Waals surface area contributed by atoms with E-state index in [0.717, 1.165) is 5.56 Å². The molecular formula is C13H16BrN3O4S. The lowest BCUT2D eigenvalue weighted by molar-refractivity contribution is -0.142. The summed E-state index contributed by atoms with van der Waals surface area (Å²) in [6, 6.07) is 3.46. The van der Waals surface area contributed by atoms with Crippen molar-refractivity contribution >= 4 is 45.4 Å². The highest BCUT2D eigenvalue weighted by Crippen LogP contribution is 2.36. The topological polar surface area (TPSA) is 95.2 Å². The molecule has 1 rings (SSSR count). The summed E-state index contributed by atoms with van der Waals surface area (Å²) in [5, 5.41) is 3.94. The molecule has 0 saturated heterocycles. The highest BCUT2D eigenvalue weighted by atomic mass is 79.9. The first-order valence-electron chi connectivity index (χ1n) is 6.22. The highest BCUT2D eigenvalue weighted by Gasteiger charge is 2.13. The van der Waals surface area contributed by atoms with Gasteiger partial charge in [0.25, 0.3) is 0 Å². The van der Waals surface area contributed by atoms with Gasteiger partial charge in [-0.15, -0.1) is 0 Å². The largest absolute Gasteiger partial charge is 0.490 e. The Labute approximate surface area is 141 Å². The van der Waals surface area contributed by atoms with Crippen molar-refractivity contribution in [2.24, 2.45) is 10.8 Å². The SMILES string of the molecule is CCOc1cc(C=NNC(N)=S)cc(Br)c1OCC(=O)OC. The zero-order valence-electron chi connectivity index (χ0n) is 12.1. The van der Waals surface area contributed by atoms with Crippen molar-refractivity contribution in [1.29, 1.82) is 0 Å². The third-order valence-corrected chi connectivity index (χ3v) is 2.96. The van der Waals surface area contributed by atoms with Crippen molar-refractivity contribution in [3.05, 3.63) is 22.2 Å². The van der Waals surface area contributed by atoms with Gasteiger partial charge in [-0.25, -0.2) is 4.79 Å². The molecule has 22 heavy (non-hydrogen) atoms. The summed E-state index contributed by atoms with van der Waals surface area (Å²) in [7, 11) is 1.29. The molecule has 0 radical (unpaired) electrons. The second-order valence-electron chi connectivity index (χ2n) is 3.86. The first-order chi connectivity index (χ1) is 10.5. The average Bonchev–Trinajstić information content (AvgIpc) is 2.46. The monoisotopic (exact) mass is 389 g/mol. The Morgan fingerprint density at radius 3 is 2.82 bits per heavy atom. The fourth-order valence-corrected chi connectivity index (χ4v) is 2.05. The van der Waals surface area contributed by atoms with Crippen molar-refractivity contribution in [2.75, 3.05) is 20.3 Å².